The normalized spacial score (nSPS) is 12.8. The highest BCUT2D eigenvalue weighted by Crippen LogP contribution is 2.23. The highest BCUT2D eigenvalue weighted by Gasteiger charge is 2.33. The summed E-state index contributed by atoms with van der Waals surface area (Å²) in [6.07, 6.45) is -0.639. The maximum Gasteiger partial charge on any atom is 0.408 e. The molecule has 9 nitrogen and oxygen atoms in total. The molecule has 3 amide bonds. The van der Waals surface area contributed by atoms with Gasteiger partial charge in [0.15, 0.2) is 0 Å². The first-order valence-electron chi connectivity index (χ1n) is 11.8. The quantitative estimate of drug-likeness (QED) is 0.460. The van der Waals surface area contributed by atoms with Gasteiger partial charge in [0, 0.05) is 6.42 Å². The first kappa shape index (κ1) is 28.5. The number of hydrogen-bond acceptors (Lipinski definition) is 6. The number of aromatic hydroxyl groups is 1. The largest absolute Gasteiger partial charge is 0.508 e. The van der Waals surface area contributed by atoms with Gasteiger partial charge in [0.25, 0.3) is 0 Å². The van der Waals surface area contributed by atoms with Gasteiger partial charge in [-0.05, 0) is 82.5 Å². The fourth-order valence-electron chi connectivity index (χ4n) is 3.77. The van der Waals surface area contributed by atoms with Gasteiger partial charge < -0.3 is 30.5 Å². The lowest BCUT2D eigenvalue weighted by Crippen LogP contribution is -2.56. The number of hydrogen-bond donors (Lipinski definition) is 3. The molecule has 0 saturated carbocycles. The van der Waals surface area contributed by atoms with Crippen LogP contribution in [0.1, 0.15) is 44.4 Å². The summed E-state index contributed by atoms with van der Waals surface area (Å²) in [7, 11) is 0. The molecule has 0 spiro atoms. The zero-order chi connectivity index (χ0) is 27.0. The van der Waals surface area contributed by atoms with Crippen molar-refractivity contribution in [2.75, 3.05) is 13.2 Å². The van der Waals surface area contributed by atoms with Crippen LogP contribution in [0.25, 0.3) is 0 Å². The van der Waals surface area contributed by atoms with Crippen molar-refractivity contribution in [3.05, 3.63) is 59.2 Å². The third kappa shape index (κ3) is 8.48. The lowest BCUT2D eigenvalue weighted by Gasteiger charge is -2.32. The van der Waals surface area contributed by atoms with Crippen LogP contribution in [0.2, 0.25) is 0 Å². The third-order valence-corrected chi connectivity index (χ3v) is 5.58. The van der Waals surface area contributed by atoms with Crippen LogP contribution in [0.15, 0.2) is 42.5 Å². The van der Waals surface area contributed by atoms with E-state index in [0.29, 0.717) is 5.75 Å². The van der Waals surface area contributed by atoms with Crippen molar-refractivity contribution in [2.45, 2.75) is 65.6 Å². The number of carbonyl (C=O) groups is 3. The molecule has 2 atom stereocenters. The predicted molar refractivity (Wildman–Crippen MR) is 137 cm³/mol. The molecule has 2 aromatic rings. The average Bonchev–Trinajstić information content (AvgIpc) is 2.76. The fraction of sp³-hybridized carbons (Fsp3) is 0.444. The molecule has 196 valence electrons. The second-order valence-corrected chi connectivity index (χ2v) is 9.73. The number of nitrogens with zero attached hydrogens (tertiary/aromatic N) is 1. The van der Waals surface area contributed by atoms with Crippen molar-refractivity contribution in [1.29, 1.82) is 0 Å². The van der Waals surface area contributed by atoms with Crippen LogP contribution < -0.4 is 15.8 Å². The summed E-state index contributed by atoms with van der Waals surface area (Å²) in [5.41, 5.74) is 7.09. The van der Waals surface area contributed by atoms with E-state index in [-0.39, 0.29) is 25.3 Å². The minimum absolute atomic E-state index is 0.0673. The van der Waals surface area contributed by atoms with Gasteiger partial charge in [0.1, 0.15) is 35.8 Å². The van der Waals surface area contributed by atoms with Gasteiger partial charge in [-0.15, -0.1) is 0 Å². The van der Waals surface area contributed by atoms with Crippen LogP contribution >= 0.6 is 0 Å². The summed E-state index contributed by atoms with van der Waals surface area (Å²) in [5, 5.41) is 12.6. The molecule has 9 heteroatoms. The molecule has 1 unspecified atom stereocenters. The van der Waals surface area contributed by atoms with E-state index < -0.39 is 35.6 Å². The molecule has 2 aromatic carbocycles. The van der Waals surface area contributed by atoms with E-state index in [9.17, 15) is 19.5 Å². The molecule has 0 heterocycles. The molecule has 0 aromatic heterocycles. The highest BCUT2D eigenvalue weighted by atomic mass is 16.6. The smallest absolute Gasteiger partial charge is 0.408 e. The Kier molecular flexibility index (Phi) is 9.72. The van der Waals surface area contributed by atoms with E-state index in [1.165, 1.54) is 11.8 Å². The lowest BCUT2D eigenvalue weighted by atomic mass is 9.95. The molecule has 0 bridgehead atoms. The van der Waals surface area contributed by atoms with Crippen LogP contribution in [-0.2, 0) is 20.7 Å². The van der Waals surface area contributed by atoms with E-state index in [0.717, 1.165) is 16.7 Å². The summed E-state index contributed by atoms with van der Waals surface area (Å²) in [5.74, 6) is -0.457. The van der Waals surface area contributed by atoms with E-state index >= 15 is 0 Å². The summed E-state index contributed by atoms with van der Waals surface area (Å²) in [6, 6.07) is 10.3. The highest BCUT2D eigenvalue weighted by molar-refractivity contribution is 5.91. The van der Waals surface area contributed by atoms with Crippen LogP contribution in [0.3, 0.4) is 0 Å². The molecule has 0 fully saturated rings. The minimum Gasteiger partial charge on any atom is -0.508 e. The maximum atomic E-state index is 13.8. The zero-order valence-corrected chi connectivity index (χ0v) is 21.8. The van der Waals surface area contributed by atoms with Gasteiger partial charge in [-0.3, -0.25) is 9.59 Å². The summed E-state index contributed by atoms with van der Waals surface area (Å²) in [4.78, 5) is 39.8. The Hall–Kier alpha value is -3.75. The Morgan fingerprint density at radius 3 is 2.19 bits per heavy atom. The minimum atomic E-state index is -1.06. The summed E-state index contributed by atoms with van der Waals surface area (Å²) >= 11 is 0. The summed E-state index contributed by atoms with van der Waals surface area (Å²) in [6.45, 7) is 10.5. The van der Waals surface area contributed by atoms with Gasteiger partial charge in [0.2, 0.25) is 11.8 Å². The number of ether oxygens (including phenoxy) is 2. The number of para-hydroxylation sites is 1. The predicted octanol–water partition coefficient (Wildman–Crippen LogP) is 3.23. The van der Waals surface area contributed by atoms with Gasteiger partial charge in [-0.1, -0.05) is 18.2 Å². The van der Waals surface area contributed by atoms with Gasteiger partial charge >= 0.3 is 6.09 Å². The Morgan fingerprint density at radius 2 is 1.67 bits per heavy atom. The fourth-order valence-corrected chi connectivity index (χ4v) is 3.77. The van der Waals surface area contributed by atoms with Crippen molar-refractivity contribution in [3.8, 4) is 11.5 Å². The lowest BCUT2D eigenvalue weighted by molar-refractivity contribution is -0.140. The van der Waals surface area contributed by atoms with E-state index in [1.54, 1.807) is 45.0 Å². The number of primary amides is 1. The first-order valence-corrected chi connectivity index (χ1v) is 11.8. The van der Waals surface area contributed by atoms with E-state index in [2.05, 4.69) is 5.32 Å². The number of phenols is 1. The van der Waals surface area contributed by atoms with Crippen LogP contribution in [-0.4, -0.2) is 58.8 Å². The molecule has 0 radical (unpaired) electrons. The van der Waals surface area contributed by atoms with Gasteiger partial charge in [-0.2, -0.15) is 0 Å². The van der Waals surface area contributed by atoms with Crippen molar-refractivity contribution in [1.82, 2.24) is 10.2 Å². The molecule has 0 aliphatic rings. The second kappa shape index (κ2) is 12.3. The van der Waals surface area contributed by atoms with E-state index in [4.69, 9.17) is 15.2 Å². The standard InChI is InChI=1S/C27H37N3O6/c1-17-14-20(31)15-18(2)22(17)16-23(29-26(34)36-27(4,5)6)25(33)30(19(3)24(28)32)12-13-35-21-10-8-7-9-11-21/h7-11,14-15,19,23,31H,12-13,16H2,1-6H3,(H2,28,32)(H,29,34)/t19-,23?/m1/s1. The first-order chi connectivity index (χ1) is 16.8. The van der Waals surface area contributed by atoms with Crippen molar-refractivity contribution >= 4 is 17.9 Å². The number of rotatable bonds is 10. The number of nitrogens with two attached hydrogens (primary N) is 1. The van der Waals surface area contributed by atoms with Crippen molar-refractivity contribution in [3.63, 3.8) is 0 Å². The maximum absolute atomic E-state index is 13.8. The average molecular weight is 500 g/mol. The number of alkyl carbamates (subject to hydrolysis) is 1. The van der Waals surface area contributed by atoms with Crippen molar-refractivity contribution in [2.24, 2.45) is 5.73 Å². The molecular formula is C27H37N3O6. The Balaban J connectivity index is 2.34. The molecule has 0 aliphatic heterocycles. The summed E-state index contributed by atoms with van der Waals surface area (Å²) < 4.78 is 11.1. The Bertz CT molecular complexity index is 1040. The number of carbonyl (C=O) groups excluding carboxylic acids is 3. The Labute approximate surface area is 212 Å². The van der Waals surface area contributed by atoms with Crippen LogP contribution in [0, 0.1) is 13.8 Å². The zero-order valence-electron chi connectivity index (χ0n) is 21.8. The van der Waals surface area contributed by atoms with Crippen molar-refractivity contribution < 1.29 is 29.0 Å². The molecule has 2 rings (SSSR count). The molecule has 0 saturated heterocycles. The number of benzene rings is 2. The van der Waals surface area contributed by atoms with Gasteiger partial charge in [-0.25, -0.2) is 4.79 Å². The number of aryl methyl sites for hydroxylation is 2. The number of amides is 3. The topological polar surface area (TPSA) is 131 Å². The van der Waals surface area contributed by atoms with Gasteiger partial charge in [0.05, 0.1) is 6.54 Å². The molecular weight excluding hydrogens is 462 g/mol. The molecule has 4 N–H and O–H groups in total. The molecule has 36 heavy (non-hydrogen) atoms. The number of phenolic OH excluding ortho intramolecular Hbond substituents is 1. The number of nitrogens with one attached hydrogen (secondary N) is 1. The monoisotopic (exact) mass is 499 g/mol. The second-order valence-electron chi connectivity index (χ2n) is 9.73. The molecule has 0 aliphatic carbocycles. The third-order valence-electron chi connectivity index (χ3n) is 5.58. The van der Waals surface area contributed by atoms with Crippen LogP contribution in [0.5, 0.6) is 11.5 Å². The SMILES string of the molecule is Cc1cc(O)cc(C)c1CC(NC(=O)OC(C)(C)C)C(=O)N(CCOc1ccccc1)[C@H](C)C(N)=O. The van der Waals surface area contributed by atoms with E-state index in [1.807, 2.05) is 32.0 Å². The van der Waals surface area contributed by atoms with Crippen LogP contribution in [0.4, 0.5) is 4.79 Å². The Morgan fingerprint density at radius 1 is 1.08 bits per heavy atom.